The fourth-order valence-electron chi connectivity index (χ4n) is 4.57. The molecule has 55 heavy (non-hydrogen) atoms. The molecule has 1 aliphatic rings. The van der Waals surface area contributed by atoms with Crippen LogP contribution in [0.25, 0.3) is 11.0 Å². The first-order valence-corrected chi connectivity index (χ1v) is 25.1. The zero-order valence-electron chi connectivity index (χ0n) is 33.6. The van der Waals surface area contributed by atoms with E-state index in [9.17, 15) is 22.8 Å². The normalized spacial score (nSPS) is 18.6. The lowest BCUT2D eigenvalue weighted by Gasteiger charge is -2.37. The van der Waals surface area contributed by atoms with Crippen molar-refractivity contribution in [1.29, 1.82) is 0 Å². The lowest BCUT2D eigenvalue weighted by Crippen LogP contribution is -2.44. The van der Waals surface area contributed by atoms with Gasteiger partial charge in [0.1, 0.15) is 30.8 Å². The number of amides is 1. The van der Waals surface area contributed by atoms with Gasteiger partial charge in [-0.2, -0.15) is 18.2 Å². The van der Waals surface area contributed by atoms with Gasteiger partial charge in [-0.25, -0.2) is 4.99 Å². The Labute approximate surface area is 339 Å². The first-order chi connectivity index (χ1) is 25.3. The summed E-state index contributed by atoms with van der Waals surface area (Å²) in [5, 5.41) is 2.20. The van der Waals surface area contributed by atoms with Gasteiger partial charge in [0, 0.05) is 42.8 Å². The molecule has 2 aromatic heterocycles. The molecule has 1 amide bonds. The van der Waals surface area contributed by atoms with Crippen molar-refractivity contribution in [2.24, 2.45) is 4.99 Å². The average Bonchev–Trinajstić information content (AvgIpc) is 3.63. The van der Waals surface area contributed by atoms with Crippen molar-refractivity contribution in [3.8, 4) is 11.8 Å². The summed E-state index contributed by atoms with van der Waals surface area (Å²) in [6, 6.07) is 0. The second kappa shape index (κ2) is 19.7. The van der Waals surface area contributed by atoms with E-state index in [1.807, 2.05) is 24.0 Å². The van der Waals surface area contributed by atoms with Gasteiger partial charge in [0.25, 0.3) is 5.56 Å². The number of nitrogens with one attached hydrogen (secondary N) is 2. The van der Waals surface area contributed by atoms with Crippen LogP contribution in [0.3, 0.4) is 0 Å². The Morgan fingerprint density at radius 1 is 1.15 bits per heavy atom. The number of halogens is 3. The van der Waals surface area contributed by atoms with Crippen LogP contribution >= 0.6 is 43.2 Å². The van der Waals surface area contributed by atoms with Crippen LogP contribution in [0.5, 0.6) is 0 Å². The smallest absolute Gasteiger partial charge is 0.414 e. The maximum atomic E-state index is 13.5. The van der Waals surface area contributed by atoms with Gasteiger partial charge >= 0.3 is 12.1 Å². The molecule has 1 saturated heterocycles. The van der Waals surface area contributed by atoms with Crippen LogP contribution in [0.4, 0.5) is 19.1 Å². The monoisotopic (exact) mass is 868 g/mol. The summed E-state index contributed by atoms with van der Waals surface area (Å²) >= 11 is 0. The fraction of sp³-hybridized carbons (Fsp3) is 0.714. The Morgan fingerprint density at radius 2 is 1.82 bits per heavy atom. The number of alkyl halides is 3. The van der Waals surface area contributed by atoms with E-state index >= 15 is 0 Å². The summed E-state index contributed by atoms with van der Waals surface area (Å²) < 4.78 is 64.2. The number of rotatable bonds is 17. The topological polar surface area (TPSA) is 132 Å². The van der Waals surface area contributed by atoms with E-state index in [-0.39, 0.29) is 52.4 Å². The molecule has 310 valence electrons. The molecule has 0 spiro atoms. The van der Waals surface area contributed by atoms with Crippen molar-refractivity contribution in [3.63, 3.8) is 0 Å². The molecular formula is C35H55F3N6O6S4Si. The van der Waals surface area contributed by atoms with Gasteiger partial charge in [-0.3, -0.25) is 14.6 Å². The molecule has 0 bridgehead atoms. The van der Waals surface area contributed by atoms with Gasteiger partial charge in [0.15, 0.2) is 14.0 Å². The van der Waals surface area contributed by atoms with Crippen LogP contribution in [0.15, 0.2) is 16.0 Å². The first-order valence-electron chi connectivity index (χ1n) is 17.6. The number of nitrogens with zero attached hydrogens (tertiary/aromatic N) is 4. The van der Waals surface area contributed by atoms with E-state index < -0.39 is 36.9 Å². The van der Waals surface area contributed by atoms with Gasteiger partial charge in [0.2, 0.25) is 5.95 Å². The molecule has 3 rings (SSSR count). The van der Waals surface area contributed by atoms with Crippen LogP contribution < -0.4 is 10.9 Å². The minimum Gasteiger partial charge on any atom is -0.414 e. The molecule has 0 radical (unpaired) electrons. The Bertz CT molecular complexity index is 1750. The third kappa shape index (κ3) is 15.1. The second-order valence-corrected chi connectivity index (χ2v) is 27.1. The van der Waals surface area contributed by atoms with Gasteiger partial charge in [-0.15, -0.1) is 0 Å². The Balaban J connectivity index is 1.83. The third-order valence-electron chi connectivity index (χ3n) is 8.37. The molecule has 2 N–H and O–H groups in total. The van der Waals surface area contributed by atoms with Gasteiger partial charge < -0.3 is 33.4 Å². The third-order valence-corrected chi connectivity index (χ3v) is 18.8. The number of aromatic nitrogens is 3. The number of H-pyrrole nitrogens is 1. The molecule has 0 saturated carbocycles. The summed E-state index contributed by atoms with van der Waals surface area (Å²) in [6.07, 6.45) is -2.33. The number of hydrogen-bond donors (Lipinski definition) is 2. The fourth-order valence-corrected chi connectivity index (χ4v) is 9.72. The van der Waals surface area contributed by atoms with Crippen molar-refractivity contribution in [2.45, 2.75) is 114 Å². The zero-order chi connectivity index (χ0) is 41.4. The maximum absolute atomic E-state index is 13.5. The number of aliphatic imine (C=N–C) groups is 1. The minimum atomic E-state index is -4.93. The molecule has 12 nitrogen and oxygen atoms in total. The molecule has 3 atom stereocenters. The van der Waals surface area contributed by atoms with E-state index in [2.05, 4.69) is 76.5 Å². The Morgan fingerprint density at radius 3 is 2.44 bits per heavy atom. The van der Waals surface area contributed by atoms with Crippen molar-refractivity contribution in [3.05, 3.63) is 22.1 Å². The van der Waals surface area contributed by atoms with E-state index in [1.165, 1.54) is 21.6 Å². The molecule has 1 aliphatic heterocycles. The molecule has 20 heteroatoms. The quantitative estimate of drug-likeness (QED) is 0.0304. The van der Waals surface area contributed by atoms with Crippen LogP contribution in [0, 0.1) is 11.8 Å². The number of hydrogen-bond acceptors (Lipinski definition) is 12. The largest absolute Gasteiger partial charge is 0.471 e. The minimum absolute atomic E-state index is 0.00967. The van der Waals surface area contributed by atoms with Crippen LogP contribution in [0.2, 0.25) is 18.1 Å². The molecule has 1 unspecified atom stereocenters. The van der Waals surface area contributed by atoms with Crippen molar-refractivity contribution < 1.29 is 36.6 Å². The number of carbonyl (C=O) groups excluding carboxylic acids is 1. The van der Waals surface area contributed by atoms with Gasteiger partial charge in [-0.05, 0) is 32.0 Å². The molecule has 1 fully saturated rings. The summed E-state index contributed by atoms with van der Waals surface area (Å²) in [5.74, 6) is 4.82. The molecule has 3 heterocycles. The summed E-state index contributed by atoms with van der Waals surface area (Å²) in [4.78, 5) is 38.2. The Kier molecular flexibility index (Phi) is 17.1. The first kappa shape index (κ1) is 47.5. The van der Waals surface area contributed by atoms with Gasteiger partial charge in [-0.1, -0.05) is 96.6 Å². The molecule has 0 aliphatic carbocycles. The second-order valence-electron chi connectivity index (χ2n) is 16.2. The summed E-state index contributed by atoms with van der Waals surface area (Å²) in [6.45, 7) is 21.1. The zero-order valence-corrected chi connectivity index (χ0v) is 37.9. The van der Waals surface area contributed by atoms with E-state index in [0.717, 1.165) is 0 Å². The number of carbonyl (C=O) groups is 1. The Hall–Kier alpha value is -1.83. The average molecular weight is 869 g/mol. The number of fused-ring (bicyclic) bond motifs is 1. The predicted molar refractivity (Wildman–Crippen MR) is 225 cm³/mol. The van der Waals surface area contributed by atoms with Crippen molar-refractivity contribution in [2.75, 3.05) is 45.7 Å². The van der Waals surface area contributed by atoms with E-state index in [4.69, 9.17) is 23.6 Å². The highest BCUT2D eigenvalue weighted by atomic mass is 33.1. The van der Waals surface area contributed by atoms with E-state index in [1.54, 1.807) is 52.9 Å². The molecular weight excluding hydrogens is 814 g/mol. The summed E-state index contributed by atoms with van der Waals surface area (Å²) in [5.41, 5.74) is 0.378. The van der Waals surface area contributed by atoms with Crippen LogP contribution in [-0.2, 0) is 23.4 Å². The molecule has 0 aromatic carbocycles. The van der Waals surface area contributed by atoms with Crippen LogP contribution in [0.1, 0.15) is 73.6 Å². The van der Waals surface area contributed by atoms with Gasteiger partial charge in [0.05, 0.1) is 30.0 Å². The standard InChI is InChI=1S/C35H55F3N6O6S4Si/c1-32(2,3)53-52-22-48-24-16-26(50-25(24)18-49-55(11,12)33(4,5)6)44-17-23(27-28(44)41-31(42-29(27)45)40-20-43(9)10)14-13-15-47-21-51-54-34(7,8)19-39-30(46)35(36,37)38/h17,20,24-26H,15-16,18-19,21-22H2,1-12H3,(H,39,46)(H,41,42,45)/b40-20-/t24?,25-,26-/m1/s1. The van der Waals surface area contributed by atoms with Crippen LogP contribution in [-0.4, -0.2) is 114 Å². The SMILES string of the molecule is CN(C)/C=N\c1nc2c(c(C#CCOCSSC(C)(C)CNC(=O)C(F)(F)F)cn2[C@H]2CC(OCSSC(C)(C)C)[C@@H](CO[Si](C)(C)C(C)(C)C)O2)c(=O)[nH]1. The number of aromatic amines is 1. The lowest BCUT2D eigenvalue weighted by molar-refractivity contribution is -0.173. The highest BCUT2D eigenvalue weighted by molar-refractivity contribution is 8.77. The number of ether oxygens (including phenoxy) is 3. The highest BCUT2D eigenvalue weighted by Crippen LogP contribution is 2.41. The summed E-state index contributed by atoms with van der Waals surface area (Å²) in [7, 11) is 7.48. The highest BCUT2D eigenvalue weighted by Gasteiger charge is 2.43. The van der Waals surface area contributed by atoms with Crippen molar-refractivity contribution >= 4 is 80.7 Å². The van der Waals surface area contributed by atoms with E-state index in [0.29, 0.717) is 30.2 Å². The predicted octanol–water partition coefficient (Wildman–Crippen LogP) is 7.94. The molecule has 2 aromatic rings. The lowest BCUT2D eigenvalue weighted by atomic mass is 10.2. The van der Waals surface area contributed by atoms with Crippen molar-refractivity contribution in [1.82, 2.24) is 24.8 Å². The maximum Gasteiger partial charge on any atom is 0.471 e.